The molecule has 9 heteroatoms. The van der Waals surface area contributed by atoms with Gasteiger partial charge >= 0.3 is 0 Å². The van der Waals surface area contributed by atoms with Gasteiger partial charge in [-0.25, -0.2) is 4.68 Å². The van der Waals surface area contributed by atoms with Crippen LogP contribution in [0.5, 0.6) is 0 Å². The van der Waals surface area contributed by atoms with E-state index in [4.69, 9.17) is 11.6 Å². The van der Waals surface area contributed by atoms with Crippen molar-refractivity contribution in [2.45, 2.75) is 13.5 Å². The number of carbonyl (C=O) groups is 1. The third-order valence-corrected chi connectivity index (χ3v) is 3.33. The number of aromatic nitrogens is 2. The van der Waals surface area contributed by atoms with Crippen LogP contribution in [0.3, 0.4) is 0 Å². The summed E-state index contributed by atoms with van der Waals surface area (Å²) >= 11 is 5.88. The summed E-state index contributed by atoms with van der Waals surface area (Å²) in [5, 5.41) is 17.3. The minimum absolute atomic E-state index is 0.0115. The Morgan fingerprint density at radius 1 is 1.39 bits per heavy atom. The van der Waals surface area contributed by atoms with Gasteiger partial charge in [-0.15, -0.1) is 0 Å². The number of hydrogen-bond acceptors (Lipinski definition) is 5. The molecule has 0 unspecified atom stereocenters. The summed E-state index contributed by atoms with van der Waals surface area (Å²) in [6.45, 7) is 2.13. The Morgan fingerprint density at radius 2 is 2.13 bits per heavy atom. The number of amides is 1. The van der Waals surface area contributed by atoms with E-state index in [0.717, 1.165) is 6.07 Å². The summed E-state index contributed by atoms with van der Waals surface area (Å²) in [5.41, 5.74) is 0.358. The Morgan fingerprint density at radius 3 is 2.78 bits per heavy atom. The smallest absolute Gasteiger partial charge is 0.270 e. The molecule has 0 fully saturated rings. The van der Waals surface area contributed by atoms with Crippen LogP contribution in [0, 0.1) is 17.0 Å². The van der Waals surface area contributed by atoms with Crippen LogP contribution in [0.15, 0.2) is 35.1 Å². The second-order valence-electron chi connectivity index (χ2n) is 4.71. The second kappa shape index (κ2) is 7.01. The first kappa shape index (κ1) is 16.6. The van der Waals surface area contributed by atoms with Crippen molar-refractivity contribution in [1.29, 1.82) is 0 Å². The zero-order chi connectivity index (χ0) is 17.0. The number of benzene rings is 1. The minimum atomic E-state index is -0.594. The van der Waals surface area contributed by atoms with E-state index in [1.807, 2.05) is 0 Å². The highest BCUT2D eigenvalue weighted by Crippen LogP contribution is 2.22. The van der Waals surface area contributed by atoms with E-state index in [9.17, 15) is 19.7 Å². The van der Waals surface area contributed by atoms with Gasteiger partial charge < -0.3 is 5.32 Å². The van der Waals surface area contributed by atoms with Gasteiger partial charge in [0, 0.05) is 24.7 Å². The van der Waals surface area contributed by atoms with Crippen LogP contribution in [-0.2, 0) is 6.54 Å². The lowest BCUT2D eigenvalue weighted by atomic mass is 10.2. The fraction of sp³-hybridized carbons (Fsp3) is 0.214. The molecule has 1 amide bonds. The molecule has 1 N–H and O–H groups in total. The molecule has 0 aliphatic carbocycles. The van der Waals surface area contributed by atoms with Crippen LogP contribution in [0.4, 0.5) is 5.69 Å². The van der Waals surface area contributed by atoms with E-state index in [2.05, 4.69) is 10.4 Å². The van der Waals surface area contributed by atoms with Crippen molar-refractivity contribution in [3.8, 4) is 0 Å². The number of halogens is 1. The van der Waals surface area contributed by atoms with Gasteiger partial charge in [0.15, 0.2) is 0 Å². The molecular formula is C14H13ClN4O4. The number of nitro groups is 1. The van der Waals surface area contributed by atoms with Crippen molar-refractivity contribution >= 4 is 23.2 Å². The third-order valence-electron chi connectivity index (χ3n) is 3.02. The summed E-state index contributed by atoms with van der Waals surface area (Å²) < 4.78 is 1.24. The van der Waals surface area contributed by atoms with Gasteiger partial charge in [0.2, 0.25) is 0 Å². The molecule has 1 aromatic carbocycles. The van der Waals surface area contributed by atoms with Gasteiger partial charge in [0.05, 0.1) is 27.7 Å². The van der Waals surface area contributed by atoms with Gasteiger partial charge in [-0.3, -0.25) is 19.7 Å². The first-order valence-electron chi connectivity index (χ1n) is 6.65. The average molecular weight is 337 g/mol. The molecule has 0 spiro atoms. The molecule has 0 atom stereocenters. The highest BCUT2D eigenvalue weighted by molar-refractivity contribution is 6.34. The summed E-state index contributed by atoms with van der Waals surface area (Å²) in [5.74, 6) is -0.481. The van der Waals surface area contributed by atoms with Gasteiger partial charge in [0.1, 0.15) is 0 Å². The van der Waals surface area contributed by atoms with Crippen LogP contribution in [0.1, 0.15) is 16.1 Å². The largest absolute Gasteiger partial charge is 0.350 e. The van der Waals surface area contributed by atoms with Gasteiger partial charge in [-0.05, 0) is 19.1 Å². The molecule has 2 aromatic rings. The topological polar surface area (TPSA) is 107 Å². The van der Waals surface area contributed by atoms with Gasteiger partial charge in [-0.2, -0.15) is 5.10 Å². The molecule has 0 bridgehead atoms. The number of hydrogen-bond donors (Lipinski definition) is 1. The minimum Gasteiger partial charge on any atom is -0.350 e. The van der Waals surface area contributed by atoms with Crippen LogP contribution in [0.2, 0.25) is 5.02 Å². The summed E-state index contributed by atoms with van der Waals surface area (Å²) in [7, 11) is 0. The third kappa shape index (κ3) is 4.13. The van der Waals surface area contributed by atoms with Crippen molar-refractivity contribution in [1.82, 2.24) is 15.1 Å². The van der Waals surface area contributed by atoms with Crippen molar-refractivity contribution in [2.75, 3.05) is 6.54 Å². The first-order valence-corrected chi connectivity index (χ1v) is 7.03. The predicted octanol–water partition coefficient (Wildman–Crippen LogP) is 1.54. The zero-order valence-electron chi connectivity index (χ0n) is 12.2. The number of rotatable bonds is 5. The maximum atomic E-state index is 12.0. The Hall–Kier alpha value is -2.74. The zero-order valence-corrected chi connectivity index (χ0v) is 12.9. The molecule has 2 rings (SSSR count). The molecule has 1 aromatic heterocycles. The summed E-state index contributed by atoms with van der Waals surface area (Å²) in [6, 6.07) is 6.61. The number of aryl methyl sites for hydroxylation is 1. The lowest BCUT2D eigenvalue weighted by molar-refractivity contribution is -0.384. The van der Waals surface area contributed by atoms with E-state index < -0.39 is 10.8 Å². The lowest BCUT2D eigenvalue weighted by Crippen LogP contribution is -2.32. The Labute approximate surface area is 135 Å². The molecular weight excluding hydrogens is 324 g/mol. The fourth-order valence-electron chi connectivity index (χ4n) is 1.88. The Kier molecular flexibility index (Phi) is 5.07. The van der Waals surface area contributed by atoms with Crippen LogP contribution < -0.4 is 10.9 Å². The molecule has 0 saturated carbocycles. The van der Waals surface area contributed by atoms with E-state index in [1.165, 1.54) is 22.9 Å². The van der Waals surface area contributed by atoms with E-state index >= 15 is 0 Å². The van der Waals surface area contributed by atoms with E-state index in [1.54, 1.807) is 13.0 Å². The highest BCUT2D eigenvalue weighted by Gasteiger charge is 2.14. The molecule has 0 aliphatic rings. The number of non-ortho nitro benzene ring substituents is 1. The number of carbonyl (C=O) groups excluding carboxylic acids is 1. The van der Waals surface area contributed by atoms with Crippen LogP contribution >= 0.6 is 11.6 Å². The maximum absolute atomic E-state index is 12.0. The van der Waals surface area contributed by atoms with Crippen molar-refractivity contribution in [2.24, 2.45) is 0 Å². The van der Waals surface area contributed by atoms with E-state index in [0.29, 0.717) is 5.69 Å². The second-order valence-corrected chi connectivity index (χ2v) is 5.12. The standard InChI is InChI=1S/C14H13ClN4O4/c1-9-2-5-13(20)18(17-9)7-6-16-14(21)11-4-3-10(19(22)23)8-12(11)15/h2-5,8H,6-7H2,1H3,(H,16,21). The van der Waals surface area contributed by atoms with Crippen molar-refractivity contribution in [3.05, 3.63) is 67.1 Å². The first-order chi connectivity index (χ1) is 10.9. The Balaban J connectivity index is 2.01. The van der Waals surface area contributed by atoms with Crippen molar-refractivity contribution < 1.29 is 9.72 Å². The predicted molar refractivity (Wildman–Crippen MR) is 83.7 cm³/mol. The molecule has 1 heterocycles. The summed E-state index contributed by atoms with van der Waals surface area (Å²) in [6.07, 6.45) is 0. The SMILES string of the molecule is Cc1ccc(=O)n(CCNC(=O)c2ccc([N+](=O)[O-])cc2Cl)n1. The van der Waals surface area contributed by atoms with Gasteiger partial charge in [0.25, 0.3) is 17.2 Å². The molecule has 120 valence electrons. The van der Waals surface area contributed by atoms with Crippen LogP contribution in [-0.4, -0.2) is 27.2 Å². The van der Waals surface area contributed by atoms with Crippen molar-refractivity contribution in [3.63, 3.8) is 0 Å². The number of nitrogens with one attached hydrogen (secondary N) is 1. The molecule has 23 heavy (non-hydrogen) atoms. The normalized spacial score (nSPS) is 10.3. The molecule has 8 nitrogen and oxygen atoms in total. The van der Waals surface area contributed by atoms with Crippen LogP contribution in [0.25, 0.3) is 0 Å². The number of nitro benzene ring substituents is 1. The molecule has 0 aliphatic heterocycles. The summed E-state index contributed by atoms with van der Waals surface area (Å²) in [4.78, 5) is 33.6. The monoisotopic (exact) mass is 336 g/mol. The van der Waals surface area contributed by atoms with Gasteiger partial charge in [-0.1, -0.05) is 11.6 Å². The van der Waals surface area contributed by atoms with E-state index in [-0.39, 0.29) is 34.9 Å². The molecule has 0 radical (unpaired) electrons. The Bertz CT molecular complexity index is 819. The number of nitrogens with zero attached hydrogens (tertiary/aromatic N) is 3. The maximum Gasteiger partial charge on any atom is 0.270 e. The fourth-order valence-corrected chi connectivity index (χ4v) is 2.14. The lowest BCUT2D eigenvalue weighted by Gasteiger charge is -2.08. The molecule has 0 saturated heterocycles. The highest BCUT2D eigenvalue weighted by atomic mass is 35.5. The average Bonchev–Trinajstić information content (AvgIpc) is 2.50. The quantitative estimate of drug-likeness (QED) is 0.658.